The quantitative estimate of drug-likeness (QED) is 0.702. The number of rotatable bonds is 3. The molecule has 3 atom stereocenters. The summed E-state index contributed by atoms with van der Waals surface area (Å²) in [4.78, 5) is 7.68. The van der Waals surface area contributed by atoms with Crippen molar-refractivity contribution in [1.29, 1.82) is 0 Å². The number of aliphatic hydroxyl groups excluding tert-OH is 1. The van der Waals surface area contributed by atoms with Gasteiger partial charge in [-0.05, 0) is 54.2 Å². The first kappa shape index (κ1) is 18.1. The van der Waals surface area contributed by atoms with Crippen LogP contribution in [0.3, 0.4) is 0 Å². The zero-order valence-electron chi connectivity index (χ0n) is 16.1. The van der Waals surface area contributed by atoms with E-state index >= 15 is 0 Å². The van der Waals surface area contributed by atoms with Crippen LogP contribution in [-0.2, 0) is 4.74 Å². The number of fused-ring (bicyclic) bond motifs is 2. The van der Waals surface area contributed by atoms with E-state index in [9.17, 15) is 5.11 Å². The number of aliphatic hydroxyl groups is 1. The van der Waals surface area contributed by atoms with E-state index in [-0.39, 0.29) is 12.3 Å². The summed E-state index contributed by atoms with van der Waals surface area (Å²) in [5.74, 6) is 1.66. The van der Waals surface area contributed by atoms with Crippen LogP contribution in [0.5, 0.6) is 0 Å². The van der Waals surface area contributed by atoms with Crippen molar-refractivity contribution in [2.45, 2.75) is 50.8 Å². The predicted octanol–water partition coefficient (Wildman–Crippen LogP) is 5.06. The van der Waals surface area contributed by atoms with Crippen molar-refractivity contribution >= 4 is 17.6 Å². The van der Waals surface area contributed by atoms with Crippen LogP contribution < -0.4 is 5.32 Å². The Balaban J connectivity index is 1.40. The van der Waals surface area contributed by atoms with Crippen molar-refractivity contribution in [3.8, 4) is 0 Å². The molecule has 146 valence electrons. The molecule has 2 N–H and O–H groups in total. The number of methoxy groups -OCH3 is 1. The molecule has 0 aromatic rings. The van der Waals surface area contributed by atoms with E-state index in [2.05, 4.69) is 29.6 Å². The number of hydrogen-bond acceptors (Lipinski definition) is 5. The topological polar surface area (TPSA) is 53.8 Å². The molecule has 0 saturated heterocycles. The van der Waals surface area contributed by atoms with Gasteiger partial charge in [0.25, 0.3) is 0 Å². The largest absolute Gasteiger partial charge is 0.508 e. The van der Waals surface area contributed by atoms with Crippen molar-refractivity contribution in [3.05, 3.63) is 68.7 Å². The first-order chi connectivity index (χ1) is 13.7. The Hall–Kier alpha value is -1.98. The Labute approximate surface area is 170 Å². The Morgan fingerprint density at radius 1 is 1.18 bits per heavy atom. The zero-order chi connectivity index (χ0) is 19.1. The van der Waals surface area contributed by atoms with Gasteiger partial charge in [-0.25, -0.2) is 4.99 Å². The van der Waals surface area contributed by atoms with Gasteiger partial charge < -0.3 is 15.2 Å². The zero-order valence-corrected chi connectivity index (χ0v) is 17.0. The third kappa shape index (κ3) is 3.20. The van der Waals surface area contributed by atoms with Crippen LogP contribution in [0.25, 0.3) is 0 Å². The maximum Gasteiger partial charge on any atom is 0.152 e. The third-order valence-electron chi connectivity index (χ3n) is 6.23. The number of ether oxygens (including phenoxy) is 1. The van der Waals surface area contributed by atoms with Gasteiger partial charge in [-0.15, -0.1) is 0 Å². The molecule has 0 aromatic heterocycles. The van der Waals surface area contributed by atoms with Gasteiger partial charge in [0.15, 0.2) is 6.23 Å². The van der Waals surface area contributed by atoms with Gasteiger partial charge >= 0.3 is 0 Å². The average molecular weight is 395 g/mol. The number of allylic oxidation sites excluding steroid dienone is 8. The van der Waals surface area contributed by atoms with E-state index < -0.39 is 0 Å². The van der Waals surface area contributed by atoms with Gasteiger partial charge in [-0.1, -0.05) is 42.1 Å². The molecule has 0 fully saturated rings. The molecule has 5 rings (SSSR count). The van der Waals surface area contributed by atoms with Crippen LogP contribution in [-0.4, -0.2) is 30.3 Å². The Morgan fingerprint density at radius 3 is 2.89 bits per heavy atom. The van der Waals surface area contributed by atoms with Gasteiger partial charge in [-0.2, -0.15) is 0 Å². The number of aliphatic imine (C=N–C) groups is 1. The molecule has 28 heavy (non-hydrogen) atoms. The Bertz CT molecular complexity index is 904. The maximum absolute atomic E-state index is 10.3. The molecular formula is C23H26N2O2S. The van der Waals surface area contributed by atoms with Crippen LogP contribution in [0, 0.1) is 5.92 Å². The molecule has 2 aliphatic heterocycles. The lowest BCUT2D eigenvalue weighted by atomic mass is 9.81. The normalized spacial score (nSPS) is 31.8. The average Bonchev–Trinajstić information content (AvgIpc) is 3.11. The Morgan fingerprint density at radius 2 is 2.04 bits per heavy atom. The van der Waals surface area contributed by atoms with Crippen molar-refractivity contribution in [3.63, 3.8) is 0 Å². The summed E-state index contributed by atoms with van der Waals surface area (Å²) in [5.41, 5.74) is 3.94. The molecule has 0 spiro atoms. The highest BCUT2D eigenvalue weighted by atomic mass is 32.2. The van der Waals surface area contributed by atoms with Gasteiger partial charge in [-0.3, -0.25) is 0 Å². The van der Waals surface area contributed by atoms with Crippen molar-refractivity contribution in [2.24, 2.45) is 10.9 Å². The second-order valence-electron chi connectivity index (χ2n) is 7.91. The lowest BCUT2D eigenvalue weighted by Gasteiger charge is -2.34. The summed E-state index contributed by atoms with van der Waals surface area (Å²) < 4.78 is 5.63. The van der Waals surface area contributed by atoms with Crippen molar-refractivity contribution in [2.75, 3.05) is 7.11 Å². The standard InChI is InChI=1S/C23H26N2O2S/c1-27-22-13-18(24-23(25-22)16-7-2-4-8-19(16)26)14-10-11-21-17(12-14)15-6-3-5-9-20(15)28-21/h4-5,8-11,17-18,22,26H,2-3,6-7,12-13H2,1H3,(H,24,25). The second-order valence-corrected chi connectivity index (χ2v) is 9.02. The fourth-order valence-corrected chi connectivity index (χ4v) is 6.01. The van der Waals surface area contributed by atoms with E-state index in [0.717, 1.165) is 43.5 Å². The lowest BCUT2D eigenvalue weighted by molar-refractivity contribution is 0.0920. The summed E-state index contributed by atoms with van der Waals surface area (Å²) in [6, 6.07) is 0.190. The molecule has 0 radical (unpaired) electrons. The summed E-state index contributed by atoms with van der Waals surface area (Å²) >= 11 is 1.95. The minimum Gasteiger partial charge on any atom is -0.508 e. The van der Waals surface area contributed by atoms with Crippen LogP contribution >= 0.6 is 11.8 Å². The molecular weight excluding hydrogens is 368 g/mol. The summed E-state index contributed by atoms with van der Waals surface area (Å²) in [7, 11) is 1.72. The minimum absolute atomic E-state index is 0.177. The molecule has 5 aliphatic rings. The highest BCUT2D eigenvalue weighted by Gasteiger charge is 2.36. The first-order valence-electron chi connectivity index (χ1n) is 10.2. The molecule has 0 amide bonds. The highest BCUT2D eigenvalue weighted by molar-refractivity contribution is 8.07. The maximum atomic E-state index is 10.3. The van der Waals surface area contributed by atoms with E-state index in [1.165, 1.54) is 21.8 Å². The van der Waals surface area contributed by atoms with Crippen LogP contribution in [0.2, 0.25) is 0 Å². The number of hydrogen-bond donors (Lipinski definition) is 2. The fourth-order valence-electron chi connectivity index (χ4n) is 4.71. The van der Waals surface area contributed by atoms with E-state index in [0.29, 0.717) is 11.7 Å². The van der Waals surface area contributed by atoms with Crippen molar-refractivity contribution < 1.29 is 9.84 Å². The van der Waals surface area contributed by atoms with E-state index in [1.54, 1.807) is 18.8 Å². The molecule has 5 heteroatoms. The highest BCUT2D eigenvalue weighted by Crippen LogP contribution is 2.53. The first-order valence-corrected chi connectivity index (χ1v) is 11.0. The molecule has 3 aliphatic carbocycles. The SMILES string of the molecule is COC1CC(C2=CC=C3SC4=C(CCC=C4)C3C2)NC(C2=C(O)C=CCC2)=N1. The number of nitrogens with one attached hydrogen (secondary N) is 1. The van der Waals surface area contributed by atoms with Gasteiger partial charge in [0.1, 0.15) is 11.6 Å². The molecule has 4 nitrogen and oxygen atoms in total. The Kier molecular flexibility index (Phi) is 4.81. The number of nitrogens with zero attached hydrogens (tertiary/aromatic N) is 1. The third-order valence-corrected chi connectivity index (χ3v) is 7.51. The number of thioether (sulfide) groups is 1. The number of amidine groups is 1. The van der Waals surface area contributed by atoms with Crippen molar-refractivity contribution in [1.82, 2.24) is 5.32 Å². The monoisotopic (exact) mass is 394 g/mol. The summed E-state index contributed by atoms with van der Waals surface area (Å²) in [6.45, 7) is 0. The van der Waals surface area contributed by atoms with Crippen LogP contribution in [0.4, 0.5) is 0 Å². The lowest BCUT2D eigenvalue weighted by Crippen LogP contribution is -2.45. The van der Waals surface area contributed by atoms with Gasteiger partial charge in [0.2, 0.25) is 0 Å². The smallest absolute Gasteiger partial charge is 0.152 e. The fraction of sp³-hybridized carbons (Fsp3) is 0.435. The van der Waals surface area contributed by atoms with E-state index in [1.807, 2.05) is 17.8 Å². The molecule has 2 heterocycles. The summed E-state index contributed by atoms with van der Waals surface area (Å²) in [6.07, 6.45) is 18.8. The predicted molar refractivity (Wildman–Crippen MR) is 115 cm³/mol. The molecule has 0 saturated carbocycles. The minimum atomic E-state index is -0.177. The van der Waals surface area contributed by atoms with Gasteiger partial charge in [0.05, 0.1) is 6.04 Å². The molecule has 0 bridgehead atoms. The van der Waals surface area contributed by atoms with Crippen LogP contribution in [0.1, 0.15) is 38.5 Å². The summed E-state index contributed by atoms with van der Waals surface area (Å²) in [5, 5.41) is 13.9. The molecule has 0 aromatic carbocycles. The van der Waals surface area contributed by atoms with Crippen LogP contribution in [0.15, 0.2) is 73.7 Å². The second kappa shape index (κ2) is 7.45. The van der Waals surface area contributed by atoms with E-state index in [4.69, 9.17) is 9.73 Å². The molecule has 3 unspecified atom stereocenters. The van der Waals surface area contributed by atoms with Gasteiger partial charge in [0, 0.05) is 29.9 Å².